The summed E-state index contributed by atoms with van der Waals surface area (Å²) in [6, 6.07) is 19.3. The van der Waals surface area contributed by atoms with Crippen molar-refractivity contribution in [2.24, 2.45) is 17.4 Å². The van der Waals surface area contributed by atoms with Crippen molar-refractivity contribution in [3.63, 3.8) is 0 Å². The van der Waals surface area contributed by atoms with Gasteiger partial charge in [-0.25, -0.2) is 4.79 Å². The lowest BCUT2D eigenvalue weighted by Gasteiger charge is -2.30. The van der Waals surface area contributed by atoms with Crippen LogP contribution in [0.5, 0.6) is 0 Å². The van der Waals surface area contributed by atoms with Crippen LogP contribution in [0.15, 0.2) is 122 Å². The maximum atomic E-state index is 15.8. The summed E-state index contributed by atoms with van der Waals surface area (Å²) in [7, 11) is -4.61. The van der Waals surface area contributed by atoms with Crippen LogP contribution in [0.2, 0.25) is 0 Å². The van der Waals surface area contributed by atoms with Crippen molar-refractivity contribution >= 4 is 203 Å². The molecule has 10 atom stereocenters. The molecule has 0 fully saturated rings. The summed E-state index contributed by atoms with van der Waals surface area (Å²) in [6.07, 6.45) is -12.7. The van der Waals surface area contributed by atoms with Crippen molar-refractivity contribution in [3.05, 3.63) is 144 Å². The van der Waals surface area contributed by atoms with Crippen LogP contribution in [-0.2, 0) is 92.8 Å². The Labute approximate surface area is 874 Å². The number of rotatable bonds is 49. The van der Waals surface area contributed by atoms with Gasteiger partial charge in [0.05, 0.1) is 30.7 Å². The molecule has 8 aromatic rings. The van der Waals surface area contributed by atoms with Gasteiger partial charge in [0.25, 0.3) is 0 Å². The molecule has 4 heterocycles. The number of carbonyl (C=O) groups is 14. The third-order valence-electron chi connectivity index (χ3n) is 21.4. The summed E-state index contributed by atoms with van der Waals surface area (Å²) in [5, 5.41) is 69.6. The molecular formula is C94H127F15N14O19P4S4. The number of amides is 9. The molecule has 0 saturated carbocycles. The van der Waals surface area contributed by atoms with E-state index in [-0.39, 0.29) is 42.9 Å². The number of nitrogens with two attached hydrogens (primary N) is 2. The summed E-state index contributed by atoms with van der Waals surface area (Å²) in [4.78, 5) is 192. The number of halogens is 15. The van der Waals surface area contributed by atoms with Crippen molar-refractivity contribution in [1.82, 2.24) is 62.5 Å². The number of para-hydroxylation sites is 4. The highest BCUT2D eigenvalue weighted by Gasteiger charge is 2.41. The molecule has 0 aliphatic heterocycles. The van der Waals surface area contributed by atoms with Gasteiger partial charge in [0, 0.05) is 238 Å². The minimum absolute atomic E-state index is 0.0333. The summed E-state index contributed by atoms with van der Waals surface area (Å²) in [5.41, 5.74) is 18.6. The quantitative estimate of drug-likeness (QED) is 0.00982. The van der Waals surface area contributed by atoms with E-state index in [1.165, 1.54) is 23.5 Å². The van der Waals surface area contributed by atoms with E-state index >= 15 is 28.8 Å². The van der Waals surface area contributed by atoms with Crippen molar-refractivity contribution in [2.45, 2.75) is 144 Å². The Bertz CT molecular complexity index is 5630. The fourth-order valence-corrected chi connectivity index (χ4v) is 24.4. The van der Waals surface area contributed by atoms with E-state index in [0.29, 0.717) is 40.4 Å². The minimum atomic E-state index is -5.19. The molecule has 0 spiro atoms. The minimum Gasteiger partial charge on any atom is -0.542 e. The van der Waals surface area contributed by atoms with Gasteiger partial charge in [0.1, 0.15) is 72.2 Å². The average Bonchev–Trinajstić information content (AvgIpc) is 1.62. The first-order chi connectivity index (χ1) is 69.1. The summed E-state index contributed by atoms with van der Waals surface area (Å²) in [5.74, 6) is -17.6. The monoisotopic (exact) mass is 2290 g/mol. The number of aromatic nitrogens is 4. The number of hydrogen-bond donors (Lipinski definition) is 15. The lowest BCUT2D eigenvalue weighted by atomic mass is 9.96. The lowest BCUT2D eigenvalue weighted by molar-refractivity contribution is -0.344. The van der Waals surface area contributed by atoms with Crippen molar-refractivity contribution in [1.29, 1.82) is 0 Å². The summed E-state index contributed by atoms with van der Waals surface area (Å²) >= 11 is 6.13. The molecule has 4 aromatic carbocycles. The first kappa shape index (κ1) is 134. The Balaban J connectivity index is 0.00000140. The fourth-order valence-electron chi connectivity index (χ4n) is 13.2. The van der Waals surface area contributed by atoms with Crippen molar-refractivity contribution < 1.29 is 159 Å². The highest BCUT2D eigenvalue weighted by atomic mass is 32.2. The number of fused-ring (bicyclic) bond motifs is 4. The van der Waals surface area contributed by atoms with Crippen LogP contribution in [-0.4, -0.2) is 344 Å². The van der Waals surface area contributed by atoms with Crippen molar-refractivity contribution in [2.75, 3.05) is 151 Å². The Morgan fingerprint density at radius 2 is 0.553 bits per heavy atom. The maximum absolute atomic E-state index is 15.8. The number of primary amides is 1. The van der Waals surface area contributed by atoms with Crippen LogP contribution in [0.25, 0.3) is 43.6 Å². The SMILES string of the molecule is CC[C@H](C)[C@H](NC(=O)[C@H](Cc1c[nH]c2ccccc12)NC(=O)[C@H](CSCC[P+](C)(C)C)NC(=O)[C@H](Cc1c[nH]c2ccccc12)NC(=O)[C@H](Cc1c[nH]c2ccccc12)NC(=O)[C@H](CSCCC[P+](C)(C)C)NC(=O)[C@@H](N)CSCC[P+](C)(C)C)C(=O)N[C@@H](CSCCC[P+](C)(C)C)C(=O)N[C@@H](Cc1c[nH]c2ccccc12)C(N)=O.O=C(O)C(F)(F)F.O=C([O-])C(F)(F)F.O=C([O-])C(F)(F)F.O=C([O-])C(F)(F)F.O=C([O-])C(F)(F)F. The lowest BCUT2D eigenvalue weighted by Crippen LogP contribution is -2.62. The summed E-state index contributed by atoms with van der Waals surface area (Å²) in [6.45, 7) is 30.8. The zero-order chi connectivity index (χ0) is 114. The molecular weight excluding hydrogens is 2170 g/mol. The molecule has 0 aliphatic rings. The van der Waals surface area contributed by atoms with Gasteiger partial charge in [-0.1, -0.05) is 93.1 Å². The molecule has 33 nitrogen and oxygen atoms in total. The number of carboxylic acid groups (broad SMARTS) is 5. The van der Waals surface area contributed by atoms with E-state index in [1.807, 2.05) is 111 Å². The third-order valence-corrected chi connectivity index (χ3v) is 32.8. The van der Waals surface area contributed by atoms with Gasteiger partial charge in [-0.05, 0) is 76.8 Å². The molecule has 0 aliphatic carbocycles. The van der Waals surface area contributed by atoms with E-state index in [2.05, 4.69) is 142 Å². The van der Waals surface area contributed by atoms with Gasteiger partial charge < -0.3 is 119 Å². The highest BCUT2D eigenvalue weighted by Crippen LogP contribution is 2.49. The van der Waals surface area contributed by atoms with Crippen molar-refractivity contribution in [3.8, 4) is 0 Å². The van der Waals surface area contributed by atoms with Gasteiger partial charge in [-0.2, -0.15) is 113 Å². The smallest absolute Gasteiger partial charge is 0.490 e. The second kappa shape index (κ2) is 61.5. The number of benzene rings is 4. The number of aromatic amines is 4. The molecule has 836 valence electrons. The molecule has 0 unspecified atom stereocenters. The first-order valence-electron chi connectivity index (χ1n) is 45.8. The predicted molar refractivity (Wildman–Crippen MR) is 555 cm³/mol. The van der Waals surface area contributed by atoms with E-state index in [0.717, 1.165) is 98.2 Å². The van der Waals surface area contributed by atoms with Gasteiger partial charge >= 0.3 is 36.9 Å². The molecule has 4 aromatic heterocycles. The Morgan fingerprint density at radius 3 is 0.807 bits per heavy atom. The normalized spacial score (nSPS) is 14.0. The zero-order valence-corrected chi connectivity index (χ0v) is 91.1. The number of carboxylic acids is 5. The predicted octanol–water partition coefficient (Wildman–Crippen LogP) is 7.79. The number of alkyl halides is 15. The Kier molecular flexibility index (Phi) is 54.9. The molecule has 0 radical (unpaired) electrons. The van der Waals surface area contributed by atoms with Crippen LogP contribution in [0.3, 0.4) is 0 Å². The average molecular weight is 2290 g/mol. The van der Waals surface area contributed by atoms with Crippen LogP contribution in [0.4, 0.5) is 65.9 Å². The number of nitrogens with one attached hydrogen (secondary N) is 12. The van der Waals surface area contributed by atoms with Gasteiger partial charge in [-0.3, -0.25) is 43.2 Å². The van der Waals surface area contributed by atoms with Crippen LogP contribution < -0.4 is 74.4 Å². The highest BCUT2D eigenvalue weighted by molar-refractivity contribution is 8.00. The van der Waals surface area contributed by atoms with Crippen LogP contribution in [0.1, 0.15) is 55.4 Å². The number of thioether (sulfide) groups is 4. The second-order valence-corrected chi connectivity index (χ2v) is 62.8. The summed E-state index contributed by atoms with van der Waals surface area (Å²) < 4.78 is 158. The second-order valence-electron chi connectivity index (χ2n) is 38.1. The fraction of sp³-hybridized carbons (Fsp3) is 0.511. The molecule has 9 amide bonds. The third kappa shape index (κ3) is 51.4. The number of hydrogen-bond acceptors (Lipinski definition) is 23. The number of carbonyl (C=O) groups excluding carboxylic acids is 13. The molecule has 56 heteroatoms. The molecule has 150 heavy (non-hydrogen) atoms. The molecule has 0 saturated heterocycles. The number of aliphatic carboxylic acids is 5. The molecule has 17 N–H and O–H groups in total. The van der Waals surface area contributed by atoms with E-state index < -0.39 is 203 Å². The largest absolute Gasteiger partial charge is 0.542 e. The van der Waals surface area contributed by atoms with E-state index in [9.17, 15) is 80.2 Å². The van der Waals surface area contributed by atoms with E-state index in [1.54, 1.807) is 48.3 Å². The maximum Gasteiger partial charge on any atom is 0.490 e. The molecule has 0 bridgehead atoms. The standard InChI is InChI=1S/C84H122N14O9P4S4.5C2HF3O2/c1-15-54(2)75(84(107)97-74(52-113-39-25-35-109(6,7)8)81(104)91-68(76(86)99)42-55-46-87-64-30-20-16-26-59(55)64)98-80(103)71(45-58-49-90-67-33-23-19-29-62(58)67)94-83(106)73(53-115-41-37-111(12,13)14)96-79(102)70(44-57-48-89-66-32-22-18-28-61(57)66)92-78(101)69(43-56-47-88-65-31-21-17-27-60(56)65)93-82(105)72(51-112-38-24-34-108(3,4)5)95-77(100)63(85)50-114-40-36-110(9,10)11;5*3-2(4,5)1(6)7/h16-23,26-33,46-49,54,63,68-75,87-90H,15,24-25,34-45,50-53,85H2,1-14H3,(H6-4,86,91,92,93,94,95,96,97,98,99,100,101,102,103,104,105,106,107);5*(H,6,7)/t54-,63-,68-,69-,70-,71-,72-,73-,74-,75-;;;;;/m0...../s1. The topological polar surface area (TPSA) is 563 Å². The first-order valence-corrected chi connectivity index (χ1v) is 63.7. The van der Waals surface area contributed by atoms with Gasteiger partial charge in [-0.15, -0.1) is 0 Å². The number of H-pyrrole nitrogens is 4. The van der Waals surface area contributed by atoms with Gasteiger partial charge in [0.15, 0.2) is 0 Å². The van der Waals surface area contributed by atoms with Crippen LogP contribution >= 0.6 is 76.1 Å². The van der Waals surface area contributed by atoms with Gasteiger partial charge in [0.2, 0.25) is 53.2 Å². The Hall–Kier alpha value is -10.4. The van der Waals surface area contributed by atoms with Crippen LogP contribution in [0, 0.1) is 5.92 Å². The molecule has 8 rings (SSSR count). The van der Waals surface area contributed by atoms with E-state index in [4.69, 9.17) is 61.0 Å². The zero-order valence-electron chi connectivity index (χ0n) is 84.3. The Morgan fingerprint density at radius 1 is 0.333 bits per heavy atom.